The molecule has 1 rings (SSSR count). The summed E-state index contributed by atoms with van der Waals surface area (Å²) in [5, 5.41) is 3.48. The number of nitrogens with one attached hydrogen (secondary N) is 1. The third-order valence-corrected chi connectivity index (χ3v) is 3.02. The van der Waals surface area contributed by atoms with Gasteiger partial charge in [-0.2, -0.15) is 0 Å². The Bertz CT molecular complexity index is 361. The van der Waals surface area contributed by atoms with Gasteiger partial charge in [-0.05, 0) is 39.3 Å². The molecule has 0 amide bonds. The smallest absolute Gasteiger partial charge is 0.147 e. The molecule has 0 heterocycles. The minimum Gasteiger partial charge on any atom is -0.379 e. The number of ether oxygens (including phenoxy) is 1. The van der Waals surface area contributed by atoms with Crippen LogP contribution in [-0.4, -0.2) is 18.8 Å². The van der Waals surface area contributed by atoms with Crippen LogP contribution in [-0.2, 0) is 4.74 Å². The second kappa shape index (κ2) is 5.69. The highest BCUT2D eigenvalue weighted by Crippen LogP contribution is 2.27. The summed E-state index contributed by atoms with van der Waals surface area (Å²) in [4.78, 5) is 0. The van der Waals surface area contributed by atoms with Crippen molar-refractivity contribution in [2.75, 3.05) is 12.4 Å². The van der Waals surface area contributed by atoms with Gasteiger partial charge in [-0.25, -0.2) is 4.39 Å². The standard InChI is InChI=1S/C13H19ClFNO/c1-9(8-13(2,3)17-4)16-12-10(14)6-5-7-11(12)15/h5-7,9,16H,8H2,1-4H3. The first kappa shape index (κ1) is 14.3. The van der Waals surface area contributed by atoms with E-state index in [1.165, 1.54) is 6.07 Å². The molecule has 96 valence electrons. The van der Waals surface area contributed by atoms with Crippen molar-refractivity contribution in [2.24, 2.45) is 0 Å². The largest absolute Gasteiger partial charge is 0.379 e. The SMILES string of the molecule is COC(C)(C)CC(C)Nc1c(F)cccc1Cl. The van der Waals surface area contributed by atoms with E-state index in [1.807, 2.05) is 20.8 Å². The summed E-state index contributed by atoms with van der Waals surface area (Å²) < 4.78 is 18.9. The van der Waals surface area contributed by atoms with Crippen molar-refractivity contribution in [1.82, 2.24) is 0 Å². The number of halogens is 2. The fourth-order valence-corrected chi connectivity index (χ4v) is 1.97. The molecular formula is C13H19ClFNO. The molecule has 0 spiro atoms. The predicted octanol–water partition coefficient (Wildman–Crippen LogP) is 4.09. The number of rotatable bonds is 5. The van der Waals surface area contributed by atoms with Crippen LogP contribution < -0.4 is 5.32 Å². The lowest BCUT2D eigenvalue weighted by atomic mass is 9.99. The van der Waals surface area contributed by atoms with Gasteiger partial charge in [0.05, 0.1) is 16.3 Å². The average molecular weight is 260 g/mol. The topological polar surface area (TPSA) is 21.3 Å². The van der Waals surface area contributed by atoms with Gasteiger partial charge < -0.3 is 10.1 Å². The minimum atomic E-state index is -0.334. The van der Waals surface area contributed by atoms with Gasteiger partial charge in [-0.3, -0.25) is 0 Å². The quantitative estimate of drug-likeness (QED) is 0.860. The first-order chi connectivity index (χ1) is 7.85. The second-order valence-corrected chi connectivity index (χ2v) is 5.22. The van der Waals surface area contributed by atoms with Gasteiger partial charge >= 0.3 is 0 Å². The van der Waals surface area contributed by atoms with E-state index in [-0.39, 0.29) is 17.5 Å². The molecule has 0 aromatic heterocycles. The Morgan fingerprint density at radius 2 is 2.12 bits per heavy atom. The monoisotopic (exact) mass is 259 g/mol. The summed E-state index contributed by atoms with van der Waals surface area (Å²) in [6.07, 6.45) is 0.758. The Labute approximate surface area is 107 Å². The molecule has 0 radical (unpaired) electrons. The van der Waals surface area contributed by atoms with Crippen molar-refractivity contribution >= 4 is 17.3 Å². The highest BCUT2D eigenvalue weighted by atomic mass is 35.5. The molecule has 1 aromatic carbocycles. The predicted molar refractivity (Wildman–Crippen MR) is 70.2 cm³/mol. The number of methoxy groups -OCH3 is 1. The second-order valence-electron chi connectivity index (χ2n) is 4.81. The molecule has 1 aromatic rings. The number of para-hydroxylation sites is 1. The number of benzene rings is 1. The van der Waals surface area contributed by atoms with Crippen LogP contribution in [0.4, 0.5) is 10.1 Å². The molecule has 1 N–H and O–H groups in total. The highest BCUT2D eigenvalue weighted by molar-refractivity contribution is 6.33. The molecule has 4 heteroatoms. The lowest BCUT2D eigenvalue weighted by molar-refractivity contribution is 0.0128. The molecule has 1 atom stereocenters. The van der Waals surface area contributed by atoms with E-state index in [0.717, 1.165) is 6.42 Å². The zero-order valence-corrected chi connectivity index (χ0v) is 11.4. The molecule has 0 fully saturated rings. The van der Waals surface area contributed by atoms with E-state index in [0.29, 0.717) is 10.7 Å². The molecule has 1 unspecified atom stereocenters. The van der Waals surface area contributed by atoms with Crippen molar-refractivity contribution in [1.29, 1.82) is 0 Å². The molecular weight excluding hydrogens is 241 g/mol. The van der Waals surface area contributed by atoms with Crippen LogP contribution in [0, 0.1) is 5.82 Å². The number of anilines is 1. The summed E-state index contributed by atoms with van der Waals surface area (Å²) in [5.41, 5.74) is 0.109. The van der Waals surface area contributed by atoms with Crippen molar-refractivity contribution in [3.05, 3.63) is 29.0 Å². The number of hydrogen-bond acceptors (Lipinski definition) is 2. The molecule has 17 heavy (non-hydrogen) atoms. The van der Waals surface area contributed by atoms with Gasteiger partial charge in [0, 0.05) is 13.2 Å². The lowest BCUT2D eigenvalue weighted by Crippen LogP contribution is -2.31. The van der Waals surface area contributed by atoms with Crippen molar-refractivity contribution in [3.8, 4) is 0 Å². The van der Waals surface area contributed by atoms with E-state index in [2.05, 4.69) is 5.32 Å². The van der Waals surface area contributed by atoms with Crippen LogP contribution in [0.2, 0.25) is 5.02 Å². The minimum absolute atomic E-state index is 0.0688. The van der Waals surface area contributed by atoms with Gasteiger partial charge in [0.15, 0.2) is 0 Å². The Balaban J connectivity index is 2.72. The average Bonchev–Trinajstić information content (AvgIpc) is 2.23. The van der Waals surface area contributed by atoms with Crippen LogP contribution in [0.25, 0.3) is 0 Å². The summed E-state index contributed by atoms with van der Waals surface area (Å²) in [7, 11) is 1.67. The van der Waals surface area contributed by atoms with Crippen LogP contribution in [0.3, 0.4) is 0 Å². The maximum atomic E-state index is 13.5. The third kappa shape index (κ3) is 4.17. The summed E-state index contributed by atoms with van der Waals surface area (Å²) >= 11 is 5.94. The van der Waals surface area contributed by atoms with E-state index in [4.69, 9.17) is 16.3 Å². The molecule has 0 aliphatic heterocycles. The zero-order chi connectivity index (χ0) is 13.1. The van der Waals surface area contributed by atoms with Gasteiger partial charge in [0.25, 0.3) is 0 Å². The Morgan fingerprint density at radius 3 is 2.65 bits per heavy atom. The van der Waals surface area contributed by atoms with Crippen molar-refractivity contribution < 1.29 is 9.13 Å². The van der Waals surface area contributed by atoms with E-state index >= 15 is 0 Å². The van der Waals surface area contributed by atoms with Gasteiger partial charge in [-0.1, -0.05) is 17.7 Å². The molecule has 0 saturated carbocycles. The molecule has 0 aliphatic carbocycles. The fourth-order valence-electron chi connectivity index (χ4n) is 1.75. The molecule has 0 aliphatic rings. The maximum Gasteiger partial charge on any atom is 0.147 e. The van der Waals surface area contributed by atoms with Gasteiger partial charge in [0.2, 0.25) is 0 Å². The lowest BCUT2D eigenvalue weighted by Gasteiger charge is -2.27. The summed E-state index contributed by atoms with van der Waals surface area (Å²) in [6, 6.07) is 4.72. The van der Waals surface area contributed by atoms with E-state index in [1.54, 1.807) is 19.2 Å². The van der Waals surface area contributed by atoms with Gasteiger partial charge in [0.1, 0.15) is 5.82 Å². The Morgan fingerprint density at radius 1 is 1.47 bits per heavy atom. The van der Waals surface area contributed by atoms with Gasteiger partial charge in [-0.15, -0.1) is 0 Å². The van der Waals surface area contributed by atoms with Crippen LogP contribution in [0.1, 0.15) is 27.2 Å². The molecule has 0 saturated heterocycles. The van der Waals surface area contributed by atoms with Crippen molar-refractivity contribution in [3.63, 3.8) is 0 Å². The Kier molecular flexibility index (Phi) is 4.78. The van der Waals surface area contributed by atoms with E-state index in [9.17, 15) is 4.39 Å². The number of hydrogen-bond donors (Lipinski definition) is 1. The molecule has 0 bridgehead atoms. The summed E-state index contributed by atoms with van der Waals surface area (Å²) in [6.45, 7) is 5.96. The first-order valence-electron chi connectivity index (χ1n) is 5.61. The Hall–Kier alpha value is -0.800. The molecule has 2 nitrogen and oxygen atoms in total. The maximum absolute atomic E-state index is 13.5. The van der Waals surface area contributed by atoms with Crippen LogP contribution in [0.15, 0.2) is 18.2 Å². The van der Waals surface area contributed by atoms with E-state index < -0.39 is 0 Å². The fraction of sp³-hybridized carbons (Fsp3) is 0.538. The van der Waals surface area contributed by atoms with Crippen LogP contribution in [0.5, 0.6) is 0 Å². The van der Waals surface area contributed by atoms with Crippen LogP contribution >= 0.6 is 11.6 Å². The summed E-state index contributed by atoms with van der Waals surface area (Å²) in [5.74, 6) is -0.334. The van der Waals surface area contributed by atoms with Crippen molar-refractivity contribution in [2.45, 2.75) is 38.8 Å². The normalized spacial score (nSPS) is 13.5. The third-order valence-electron chi connectivity index (χ3n) is 2.70. The highest BCUT2D eigenvalue weighted by Gasteiger charge is 2.21. The first-order valence-corrected chi connectivity index (χ1v) is 5.99. The zero-order valence-electron chi connectivity index (χ0n) is 10.7.